The van der Waals surface area contributed by atoms with Crippen molar-refractivity contribution in [1.82, 2.24) is 10.9 Å². The van der Waals surface area contributed by atoms with E-state index in [4.69, 9.17) is 11.5 Å². The molecule has 0 fully saturated rings. The zero-order chi connectivity index (χ0) is 14.0. The lowest BCUT2D eigenvalue weighted by Crippen LogP contribution is -2.35. The lowest BCUT2D eigenvalue weighted by Gasteiger charge is -1.90. The first-order valence-corrected chi connectivity index (χ1v) is 3.95. The van der Waals surface area contributed by atoms with E-state index in [0.29, 0.717) is 0 Å². The van der Waals surface area contributed by atoms with Crippen molar-refractivity contribution in [2.45, 2.75) is 0 Å². The highest BCUT2D eigenvalue weighted by atomic mass is 16.7. The van der Waals surface area contributed by atoms with Crippen molar-refractivity contribution in [3.63, 3.8) is 0 Å². The van der Waals surface area contributed by atoms with Gasteiger partial charge in [0.25, 0.3) is 11.9 Å². The Morgan fingerprint density at radius 2 is 1.28 bits per heavy atom. The molecule has 0 saturated heterocycles. The van der Waals surface area contributed by atoms with E-state index in [-0.39, 0.29) is 0 Å². The molecule has 6 N–H and O–H groups in total. The van der Waals surface area contributed by atoms with Crippen molar-refractivity contribution in [3.05, 3.63) is 20.2 Å². The first-order chi connectivity index (χ1) is 8.41. The lowest BCUT2D eigenvalue weighted by atomic mass is 10.8. The highest BCUT2D eigenvalue weighted by molar-refractivity contribution is 6.16. The molecule has 0 aromatic rings. The number of hydrogen-bond acceptors (Lipinski definition) is 8. The molecule has 0 unspecified atom stereocenters. The number of guanidine groups is 2. The van der Waals surface area contributed by atoms with Crippen LogP contribution in [0.2, 0.25) is 0 Å². The SMILES string of the molecule is NC(=NN=CC=NN=C(N)N[N+](=O)[O-])N[N+](=O)[O-]. The van der Waals surface area contributed by atoms with E-state index in [1.807, 2.05) is 0 Å². The summed E-state index contributed by atoms with van der Waals surface area (Å²) in [6, 6.07) is 0. The van der Waals surface area contributed by atoms with E-state index < -0.39 is 22.0 Å². The highest BCUT2D eigenvalue weighted by Crippen LogP contribution is 1.71. The molecule has 0 amide bonds. The predicted molar refractivity (Wildman–Crippen MR) is 60.5 cm³/mol. The fourth-order valence-electron chi connectivity index (χ4n) is 0.482. The van der Waals surface area contributed by atoms with Crippen molar-refractivity contribution >= 4 is 24.3 Å². The van der Waals surface area contributed by atoms with Crippen molar-refractivity contribution in [1.29, 1.82) is 0 Å². The molecular weight excluding hydrogens is 252 g/mol. The Balaban J connectivity index is 4.16. The number of nitrogens with one attached hydrogen (secondary N) is 2. The molecule has 0 aromatic heterocycles. The van der Waals surface area contributed by atoms with Gasteiger partial charge in [-0.3, -0.25) is 0 Å². The van der Waals surface area contributed by atoms with Crippen molar-refractivity contribution in [2.24, 2.45) is 31.9 Å². The van der Waals surface area contributed by atoms with Crippen LogP contribution < -0.4 is 22.3 Å². The molecule has 0 aliphatic carbocycles. The maximum atomic E-state index is 9.87. The van der Waals surface area contributed by atoms with Crippen molar-refractivity contribution in [2.75, 3.05) is 0 Å². The first kappa shape index (κ1) is 14.7. The summed E-state index contributed by atoms with van der Waals surface area (Å²) >= 11 is 0. The van der Waals surface area contributed by atoms with Crippen LogP contribution in [-0.4, -0.2) is 34.4 Å². The first-order valence-electron chi connectivity index (χ1n) is 3.95. The molecule has 14 nitrogen and oxygen atoms in total. The Kier molecular flexibility index (Phi) is 6.45. The molecule has 98 valence electrons. The molecular formula is C4H8N10O4. The molecule has 18 heavy (non-hydrogen) atoms. The molecule has 0 spiro atoms. The molecule has 0 radical (unpaired) electrons. The molecule has 0 rings (SSSR count). The van der Waals surface area contributed by atoms with Crippen LogP contribution in [-0.2, 0) is 0 Å². The van der Waals surface area contributed by atoms with Gasteiger partial charge in [-0.05, 0) is 0 Å². The monoisotopic (exact) mass is 260 g/mol. The Hall–Kier alpha value is -3.32. The van der Waals surface area contributed by atoms with Crippen molar-refractivity contribution in [3.8, 4) is 0 Å². The van der Waals surface area contributed by atoms with E-state index in [0.717, 1.165) is 12.4 Å². The number of nitrogens with zero attached hydrogens (tertiary/aromatic N) is 6. The van der Waals surface area contributed by atoms with Gasteiger partial charge in [0.2, 0.25) is 0 Å². The maximum absolute atomic E-state index is 9.87. The van der Waals surface area contributed by atoms with Gasteiger partial charge < -0.3 is 11.5 Å². The lowest BCUT2D eigenvalue weighted by molar-refractivity contribution is -0.525. The fourth-order valence-corrected chi connectivity index (χ4v) is 0.482. The summed E-state index contributed by atoms with van der Waals surface area (Å²) in [5.41, 5.74) is 13.1. The normalized spacial score (nSPS) is 12.9. The smallest absolute Gasteiger partial charge is 0.275 e. The Morgan fingerprint density at radius 1 is 0.944 bits per heavy atom. The predicted octanol–water partition coefficient (Wildman–Crippen LogP) is -2.85. The molecule has 0 aliphatic rings. The van der Waals surface area contributed by atoms with Crippen LogP contribution in [0.4, 0.5) is 0 Å². The second-order valence-corrected chi connectivity index (χ2v) is 2.24. The number of rotatable bonds is 5. The maximum Gasteiger partial charge on any atom is 0.275 e. The Morgan fingerprint density at radius 3 is 1.56 bits per heavy atom. The van der Waals surface area contributed by atoms with Gasteiger partial charge in [-0.25, -0.2) is 20.2 Å². The van der Waals surface area contributed by atoms with Crippen LogP contribution in [0, 0.1) is 20.2 Å². The summed E-state index contributed by atoms with van der Waals surface area (Å²) < 4.78 is 0. The van der Waals surface area contributed by atoms with Crippen LogP contribution in [0.3, 0.4) is 0 Å². The van der Waals surface area contributed by atoms with E-state index in [1.165, 1.54) is 10.9 Å². The van der Waals surface area contributed by atoms with Gasteiger partial charge in [-0.2, -0.15) is 10.2 Å². The van der Waals surface area contributed by atoms with Crippen molar-refractivity contribution < 1.29 is 10.1 Å². The molecule has 0 aromatic carbocycles. The Labute approximate surface area is 98.4 Å². The van der Waals surface area contributed by atoms with Crippen LogP contribution >= 0.6 is 0 Å². The largest absolute Gasteiger partial charge is 0.364 e. The van der Waals surface area contributed by atoms with E-state index in [2.05, 4.69) is 20.4 Å². The second-order valence-electron chi connectivity index (χ2n) is 2.24. The molecule has 0 saturated carbocycles. The third-order valence-corrected chi connectivity index (χ3v) is 0.943. The summed E-state index contributed by atoms with van der Waals surface area (Å²) in [7, 11) is 0. The number of hydrazine groups is 2. The minimum Gasteiger partial charge on any atom is -0.364 e. The average molecular weight is 260 g/mol. The molecule has 0 bridgehead atoms. The van der Waals surface area contributed by atoms with Crippen LogP contribution in [0.15, 0.2) is 20.4 Å². The van der Waals surface area contributed by atoms with Crippen LogP contribution in [0.1, 0.15) is 0 Å². The van der Waals surface area contributed by atoms with Gasteiger partial charge in [0, 0.05) is 0 Å². The van der Waals surface area contributed by atoms with E-state index >= 15 is 0 Å². The van der Waals surface area contributed by atoms with Crippen LogP contribution in [0.5, 0.6) is 0 Å². The van der Waals surface area contributed by atoms with Gasteiger partial charge in [-0.15, -0.1) is 10.2 Å². The second kappa shape index (κ2) is 7.91. The zero-order valence-corrected chi connectivity index (χ0v) is 8.63. The number of nitro groups is 2. The summed E-state index contributed by atoms with van der Waals surface area (Å²) in [6.45, 7) is 0. The molecule has 0 heterocycles. The van der Waals surface area contributed by atoms with Gasteiger partial charge in [0.15, 0.2) is 10.1 Å². The fraction of sp³-hybridized carbons (Fsp3) is 0. The third-order valence-electron chi connectivity index (χ3n) is 0.943. The zero-order valence-electron chi connectivity index (χ0n) is 8.63. The molecule has 0 aliphatic heterocycles. The summed E-state index contributed by atoms with van der Waals surface area (Å²) in [4.78, 5) is 19.7. The van der Waals surface area contributed by atoms with E-state index in [9.17, 15) is 20.2 Å². The highest BCUT2D eigenvalue weighted by Gasteiger charge is 1.97. The Bertz CT molecular complexity index is 384. The molecule has 14 heteroatoms. The quantitative estimate of drug-likeness (QED) is 0.174. The van der Waals surface area contributed by atoms with Gasteiger partial charge >= 0.3 is 0 Å². The van der Waals surface area contributed by atoms with Gasteiger partial charge in [0.05, 0.1) is 12.4 Å². The minimum absolute atomic E-state index is 0.539. The average Bonchev–Trinajstić information content (AvgIpc) is 2.20. The van der Waals surface area contributed by atoms with Gasteiger partial charge in [-0.1, -0.05) is 10.9 Å². The van der Waals surface area contributed by atoms with Gasteiger partial charge in [0.1, 0.15) is 0 Å². The third kappa shape index (κ3) is 9.24. The number of hydrogen-bond donors (Lipinski definition) is 4. The minimum atomic E-state index is -0.920. The van der Waals surface area contributed by atoms with E-state index in [1.54, 1.807) is 0 Å². The topological polar surface area (TPSA) is 212 Å². The number of nitrogens with two attached hydrogens (primary N) is 2. The summed E-state index contributed by atoms with van der Waals surface area (Å²) in [6.07, 6.45) is 1.94. The summed E-state index contributed by atoms with van der Waals surface area (Å²) in [5.74, 6) is -1.08. The van der Waals surface area contributed by atoms with Crippen LogP contribution in [0.25, 0.3) is 0 Å². The summed E-state index contributed by atoms with van der Waals surface area (Å²) in [5, 5.41) is 30.7. The standard InChI is InChI=1S/C4H8N10O4/c5-3(11-13(15)16)9-7-1-2-8-10-4(6)12-14(17)18/h1-2H,(H3,5,9,11)(H3,6,10,12). The molecule has 0 atom stereocenters.